The first-order chi connectivity index (χ1) is 9.58. The molecule has 21 heavy (non-hydrogen) atoms. The van der Waals surface area contributed by atoms with Crippen molar-refractivity contribution in [3.8, 4) is 0 Å². The van der Waals surface area contributed by atoms with Crippen LogP contribution in [-0.2, 0) is 4.79 Å². The van der Waals surface area contributed by atoms with E-state index in [9.17, 15) is 19.3 Å². The Hall–Kier alpha value is -2.02. The molecule has 1 rings (SSSR count). The second-order valence-electron chi connectivity index (χ2n) is 6.20. The molecule has 0 saturated carbocycles. The van der Waals surface area contributed by atoms with Crippen LogP contribution in [0.25, 0.3) is 0 Å². The predicted molar refractivity (Wildman–Crippen MR) is 78.3 cm³/mol. The quantitative estimate of drug-likeness (QED) is 0.645. The van der Waals surface area contributed by atoms with Crippen LogP contribution >= 0.6 is 0 Å². The van der Waals surface area contributed by atoms with E-state index in [0.29, 0.717) is 6.42 Å². The summed E-state index contributed by atoms with van der Waals surface area (Å²) in [4.78, 5) is 21.6. The van der Waals surface area contributed by atoms with Crippen LogP contribution in [0.15, 0.2) is 18.2 Å². The topological polar surface area (TPSA) is 98.3 Å². The number of nitrogens with one attached hydrogen (secondary N) is 1. The number of hydrogen-bond acceptors (Lipinski definition) is 4. The number of halogens is 1. The maximum atomic E-state index is 13.2. The van der Waals surface area contributed by atoms with Crippen molar-refractivity contribution in [3.63, 3.8) is 0 Å². The first-order valence-corrected chi connectivity index (χ1v) is 6.58. The molecule has 116 valence electrons. The lowest BCUT2D eigenvalue weighted by Gasteiger charge is -2.22. The summed E-state index contributed by atoms with van der Waals surface area (Å²) in [7, 11) is 0. The van der Waals surface area contributed by atoms with Crippen molar-refractivity contribution in [1.29, 1.82) is 0 Å². The number of amides is 1. The maximum absolute atomic E-state index is 13.2. The number of nitro benzene ring substituents is 1. The molecular formula is C14H20FN3O3. The van der Waals surface area contributed by atoms with Crippen LogP contribution in [0, 0.1) is 21.3 Å². The van der Waals surface area contributed by atoms with Crippen molar-refractivity contribution in [2.45, 2.75) is 39.7 Å². The van der Waals surface area contributed by atoms with Gasteiger partial charge in [-0.15, -0.1) is 0 Å². The van der Waals surface area contributed by atoms with Crippen molar-refractivity contribution in [3.05, 3.63) is 34.1 Å². The van der Waals surface area contributed by atoms with Gasteiger partial charge in [0.1, 0.15) is 0 Å². The van der Waals surface area contributed by atoms with Gasteiger partial charge in [0.05, 0.1) is 4.92 Å². The van der Waals surface area contributed by atoms with E-state index in [-0.39, 0.29) is 29.5 Å². The maximum Gasteiger partial charge on any atom is 0.306 e. The van der Waals surface area contributed by atoms with Gasteiger partial charge < -0.3 is 11.1 Å². The molecule has 0 aromatic heterocycles. The number of hydrogen-bond donors (Lipinski definition) is 2. The molecule has 1 aromatic carbocycles. The largest absolute Gasteiger partial charge is 0.327 e. The molecule has 0 aliphatic rings. The number of carbonyl (C=O) groups is 1. The van der Waals surface area contributed by atoms with E-state index < -0.39 is 16.4 Å². The second-order valence-corrected chi connectivity index (χ2v) is 6.20. The molecule has 0 saturated heterocycles. The van der Waals surface area contributed by atoms with E-state index in [1.807, 2.05) is 20.8 Å². The minimum absolute atomic E-state index is 0.00829. The third kappa shape index (κ3) is 5.86. The van der Waals surface area contributed by atoms with Crippen LogP contribution in [-0.4, -0.2) is 16.9 Å². The second kappa shape index (κ2) is 6.62. The molecule has 0 spiro atoms. The Morgan fingerprint density at radius 1 is 1.48 bits per heavy atom. The summed E-state index contributed by atoms with van der Waals surface area (Å²) in [6.07, 6.45) is 0.770. The first-order valence-electron chi connectivity index (χ1n) is 6.58. The average Bonchev–Trinajstić information content (AvgIpc) is 2.28. The molecule has 0 heterocycles. The van der Waals surface area contributed by atoms with Crippen molar-refractivity contribution >= 4 is 17.3 Å². The highest BCUT2D eigenvalue weighted by molar-refractivity contribution is 5.91. The lowest BCUT2D eigenvalue weighted by atomic mass is 9.87. The molecule has 0 radical (unpaired) electrons. The van der Waals surface area contributed by atoms with Gasteiger partial charge in [0.25, 0.3) is 0 Å². The van der Waals surface area contributed by atoms with Gasteiger partial charge in [0, 0.05) is 24.2 Å². The minimum atomic E-state index is -0.942. The summed E-state index contributed by atoms with van der Waals surface area (Å²) in [5.41, 5.74) is 5.40. The number of anilines is 1. The average molecular weight is 297 g/mol. The Morgan fingerprint density at radius 3 is 2.62 bits per heavy atom. The highest BCUT2D eigenvalue weighted by Crippen LogP contribution is 2.23. The highest BCUT2D eigenvalue weighted by Gasteiger charge is 2.19. The van der Waals surface area contributed by atoms with Gasteiger partial charge in [-0.3, -0.25) is 14.9 Å². The first kappa shape index (κ1) is 17.0. The molecule has 3 N–H and O–H groups in total. The fraction of sp³-hybridized carbons (Fsp3) is 0.500. The van der Waals surface area contributed by atoms with Crippen LogP contribution in [0.1, 0.15) is 33.6 Å². The number of nitro groups is 1. The zero-order valence-corrected chi connectivity index (χ0v) is 12.4. The molecule has 0 aliphatic carbocycles. The molecule has 0 fully saturated rings. The summed E-state index contributed by atoms with van der Waals surface area (Å²) in [5.74, 6) is -1.30. The fourth-order valence-electron chi connectivity index (χ4n) is 2.04. The lowest BCUT2D eigenvalue weighted by molar-refractivity contribution is -0.387. The van der Waals surface area contributed by atoms with Crippen LogP contribution in [0.4, 0.5) is 15.8 Å². The van der Waals surface area contributed by atoms with Gasteiger partial charge in [-0.05, 0) is 24.0 Å². The van der Waals surface area contributed by atoms with E-state index >= 15 is 0 Å². The van der Waals surface area contributed by atoms with Gasteiger partial charge in [0.15, 0.2) is 0 Å². The predicted octanol–water partition coefficient (Wildman–Crippen LogP) is 2.83. The lowest BCUT2D eigenvalue weighted by Crippen LogP contribution is -2.31. The van der Waals surface area contributed by atoms with Gasteiger partial charge in [-0.1, -0.05) is 20.8 Å². The zero-order valence-electron chi connectivity index (χ0n) is 12.4. The number of benzene rings is 1. The Labute approximate surface area is 122 Å². The van der Waals surface area contributed by atoms with E-state index in [2.05, 4.69) is 5.32 Å². The monoisotopic (exact) mass is 297 g/mol. The van der Waals surface area contributed by atoms with Gasteiger partial charge >= 0.3 is 5.69 Å². The van der Waals surface area contributed by atoms with E-state index in [1.54, 1.807) is 0 Å². The van der Waals surface area contributed by atoms with Gasteiger partial charge in [-0.25, -0.2) is 0 Å². The van der Waals surface area contributed by atoms with Gasteiger partial charge in [0.2, 0.25) is 11.7 Å². The fourth-order valence-corrected chi connectivity index (χ4v) is 2.04. The van der Waals surface area contributed by atoms with Crippen molar-refractivity contribution in [1.82, 2.24) is 0 Å². The molecule has 1 atom stereocenters. The summed E-state index contributed by atoms with van der Waals surface area (Å²) < 4.78 is 13.2. The van der Waals surface area contributed by atoms with Gasteiger partial charge in [-0.2, -0.15) is 4.39 Å². The Kier molecular flexibility index (Phi) is 5.37. The molecule has 0 aliphatic heterocycles. The van der Waals surface area contributed by atoms with Crippen LogP contribution in [0.3, 0.4) is 0 Å². The van der Waals surface area contributed by atoms with Crippen LogP contribution in [0.5, 0.6) is 0 Å². The number of carbonyl (C=O) groups excluding carboxylic acids is 1. The summed E-state index contributed by atoms with van der Waals surface area (Å²) in [6.45, 7) is 6.07. The Bertz CT molecular complexity index is 541. The third-order valence-corrected chi connectivity index (χ3v) is 2.75. The molecule has 6 nitrogen and oxygen atoms in total. The molecule has 1 amide bonds. The van der Waals surface area contributed by atoms with Crippen molar-refractivity contribution in [2.75, 3.05) is 5.32 Å². The Balaban J connectivity index is 2.67. The highest BCUT2D eigenvalue weighted by atomic mass is 19.1. The molecule has 1 unspecified atom stereocenters. The smallest absolute Gasteiger partial charge is 0.306 e. The number of nitrogens with zero attached hydrogens (tertiary/aromatic N) is 1. The molecule has 0 bridgehead atoms. The summed E-state index contributed by atoms with van der Waals surface area (Å²) in [5, 5.41) is 13.1. The summed E-state index contributed by atoms with van der Waals surface area (Å²) >= 11 is 0. The Morgan fingerprint density at radius 2 is 2.10 bits per heavy atom. The SMILES string of the molecule is CC(C)(C)CC(N)CC(=O)Nc1ccc(F)c([N+](=O)[O-])c1. The standard InChI is InChI=1S/C14H20FN3O3/c1-14(2,3)8-9(16)6-13(19)17-10-4-5-11(15)12(7-10)18(20)21/h4-5,7,9H,6,8,16H2,1-3H3,(H,17,19). The molecular weight excluding hydrogens is 277 g/mol. The minimum Gasteiger partial charge on any atom is -0.327 e. The summed E-state index contributed by atoms with van der Waals surface area (Å²) in [6, 6.07) is 2.90. The third-order valence-electron chi connectivity index (χ3n) is 2.75. The van der Waals surface area contributed by atoms with E-state index in [0.717, 1.165) is 12.1 Å². The van der Waals surface area contributed by atoms with E-state index in [1.165, 1.54) is 6.07 Å². The van der Waals surface area contributed by atoms with Crippen molar-refractivity contribution < 1.29 is 14.1 Å². The van der Waals surface area contributed by atoms with Crippen molar-refractivity contribution in [2.24, 2.45) is 11.1 Å². The molecule has 1 aromatic rings. The van der Waals surface area contributed by atoms with E-state index in [4.69, 9.17) is 5.73 Å². The van der Waals surface area contributed by atoms with Crippen LogP contribution in [0.2, 0.25) is 0 Å². The van der Waals surface area contributed by atoms with Crippen LogP contribution < -0.4 is 11.1 Å². The zero-order chi connectivity index (χ0) is 16.2. The number of rotatable bonds is 5. The number of nitrogens with two attached hydrogens (primary N) is 1. The molecule has 7 heteroatoms. The normalized spacial score (nSPS) is 12.8.